The van der Waals surface area contributed by atoms with Crippen molar-refractivity contribution >= 4 is 23.2 Å². The van der Waals surface area contributed by atoms with Crippen LogP contribution in [-0.2, 0) is 4.74 Å². The lowest BCUT2D eigenvalue weighted by Gasteiger charge is -2.49. The van der Waals surface area contributed by atoms with E-state index < -0.39 is 5.97 Å². The molecule has 2 atom stereocenters. The number of nitrogens with zero attached hydrogens (tertiary/aromatic N) is 3. The number of hydrogen-bond acceptors (Lipinski definition) is 4. The van der Waals surface area contributed by atoms with Crippen molar-refractivity contribution < 1.29 is 9.53 Å². The standard InChI is InChI=1S/C16H18ClN3O2/c1-2-22-16(21)12-8-14-18-11(7-13(17)20(14)19-12)15-9-4-3-5-10(15)6-9/h7-10,15H,2-6H2,1H3. The van der Waals surface area contributed by atoms with Gasteiger partial charge < -0.3 is 4.74 Å². The van der Waals surface area contributed by atoms with Gasteiger partial charge in [0.25, 0.3) is 0 Å². The van der Waals surface area contributed by atoms with Gasteiger partial charge in [0.05, 0.1) is 6.61 Å². The van der Waals surface area contributed by atoms with Gasteiger partial charge in [-0.2, -0.15) is 5.10 Å². The third-order valence-corrected chi connectivity index (χ3v) is 5.27. The molecular formula is C16H18ClN3O2. The van der Waals surface area contributed by atoms with Gasteiger partial charge in [-0.15, -0.1) is 0 Å². The molecule has 0 aliphatic heterocycles. The molecule has 6 heteroatoms. The molecule has 0 amide bonds. The van der Waals surface area contributed by atoms with E-state index >= 15 is 0 Å². The number of carbonyl (C=O) groups is 1. The summed E-state index contributed by atoms with van der Waals surface area (Å²) in [4.78, 5) is 16.5. The van der Waals surface area contributed by atoms with E-state index in [0.717, 1.165) is 17.5 Å². The lowest BCUT2D eigenvalue weighted by atomic mass is 9.56. The maximum absolute atomic E-state index is 11.8. The quantitative estimate of drug-likeness (QED) is 0.642. The third kappa shape index (κ3) is 2.10. The molecular weight excluding hydrogens is 302 g/mol. The largest absolute Gasteiger partial charge is 0.461 e. The highest BCUT2D eigenvalue weighted by atomic mass is 35.5. The number of halogens is 1. The molecule has 2 aromatic rings. The Kier molecular flexibility index (Phi) is 3.33. The Labute approximate surface area is 133 Å². The van der Waals surface area contributed by atoms with Crippen LogP contribution in [0, 0.1) is 11.8 Å². The highest BCUT2D eigenvalue weighted by Crippen LogP contribution is 2.55. The predicted molar refractivity (Wildman–Crippen MR) is 82.1 cm³/mol. The van der Waals surface area contributed by atoms with Gasteiger partial charge >= 0.3 is 5.97 Å². The lowest BCUT2D eigenvalue weighted by molar-refractivity contribution is 0.0519. The maximum Gasteiger partial charge on any atom is 0.358 e. The fourth-order valence-corrected chi connectivity index (χ4v) is 4.26. The summed E-state index contributed by atoms with van der Waals surface area (Å²) >= 11 is 6.35. The fourth-order valence-electron chi connectivity index (χ4n) is 4.02. The molecule has 2 aromatic heterocycles. The van der Waals surface area contributed by atoms with Crippen molar-refractivity contribution in [3.8, 4) is 0 Å². The fraction of sp³-hybridized carbons (Fsp3) is 0.562. The van der Waals surface area contributed by atoms with Crippen molar-refractivity contribution in [3.05, 3.63) is 28.7 Å². The predicted octanol–water partition coefficient (Wildman–Crippen LogP) is 3.46. The Bertz CT molecular complexity index is 728. The topological polar surface area (TPSA) is 56.5 Å². The van der Waals surface area contributed by atoms with Crippen molar-refractivity contribution in [3.63, 3.8) is 0 Å². The van der Waals surface area contributed by atoms with Gasteiger partial charge in [0.2, 0.25) is 0 Å². The van der Waals surface area contributed by atoms with Crippen molar-refractivity contribution in [2.24, 2.45) is 11.8 Å². The summed E-state index contributed by atoms with van der Waals surface area (Å²) in [5, 5.41) is 4.70. The molecule has 0 saturated heterocycles. The number of carbonyl (C=O) groups excluding carboxylic acids is 1. The van der Waals surface area contributed by atoms with Crippen LogP contribution in [0.3, 0.4) is 0 Å². The number of rotatable bonds is 3. The molecule has 22 heavy (non-hydrogen) atoms. The third-order valence-electron chi connectivity index (χ3n) is 5.00. The Morgan fingerprint density at radius 3 is 2.86 bits per heavy atom. The molecule has 2 unspecified atom stereocenters. The summed E-state index contributed by atoms with van der Waals surface area (Å²) in [5.74, 6) is 1.58. The number of fused-ring (bicyclic) bond motifs is 3. The van der Waals surface area contributed by atoms with E-state index in [0.29, 0.717) is 23.3 Å². The van der Waals surface area contributed by atoms with E-state index in [-0.39, 0.29) is 5.69 Å². The first-order valence-electron chi connectivity index (χ1n) is 7.90. The number of aromatic nitrogens is 3. The van der Waals surface area contributed by atoms with Gasteiger partial charge in [-0.3, -0.25) is 0 Å². The minimum Gasteiger partial charge on any atom is -0.461 e. The smallest absolute Gasteiger partial charge is 0.358 e. The zero-order valence-electron chi connectivity index (χ0n) is 12.5. The molecule has 0 N–H and O–H groups in total. The minimum absolute atomic E-state index is 0.252. The van der Waals surface area contributed by atoms with Crippen LogP contribution < -0.4 is 0 Å². The SMILES string of the molecule is CCOC(=O)c1cc2nc(C3C4CCCC3C4)cc(Cl)n2n1. The minimum atomic E-state index is -0.439. The highest BCUT2D eigenvalue weighted by molar-refractivity contribution is 6.29. The number of esters is 1. The molecule has 0 radical (unpaired) electrons. The molecule has 2 fully saturated rings. The van der Waals surface area contributed by atoms with Crippen LogP contribution in [0.2, 0.25) is 5.15 Å². The van der Waals surface area contributed by atoms with Gasteiger partial charge in [0.1, 0.15) is 5.15 Å². The molecule has 5 nitrogen and oxygen atoms in total. The normalized spacial score (nSPS) is 26.7. The number of ether oxygens (including phenoxy) is 1. The van der Waals surface area contributed by atoms with Crippen LogP contribution in [0.4, 0.5) is 0 Å². The number of hydrogen-bond donors (Lipinski definition) is 0. The van der Waals surface area contributed by atoms with Gasteiger partial charge in [-0.25, -0.2) is 14.3 Å². The maximum atomic E-state index is 11.8. The first-order valence-corrected chi connectivity index (χ1v) is 8.28. The van der Waals surface area contributed by atoms with Crippen molar-refractivity contribution in [1.82, 2.24) is 14.6 Å². The van der Waals surface area contributed by atoms with E-state index in [4.69, 9.17) is 21.3 Å². The van der Waals surface area contributed by atoms with Crippen LogP contribution in [-0.4, -0.2) is 27.2 Å². The molecule has 4 rings (SSSR count). The molecule has 2 heterocycles. The Hall–Kier alpha value is -1.62. The van der Waals surface area contributed by atoms with Crippen LogP contribution in [0.25, 0.3) is 5.65 Å². The van der Waals surface area contributed by atoms with Crippen LogP contribution in [0.1, 0.15) is 54.7 Å². The van der Waals surface area contributed by atoms with Gasteiger partial charge in [0.15, 0.2) is 11.3 Å². The summed E-state index contributed by atoms with van der Waals surface area (Å²) in [7, 11) is 0. The second kappa shape index (κ2) is 5.23. The summed E-state index contributed by atoms with van der Waals surface area (Å²) in [6.45, 7) is 2.09. The molecule has 2 saturated carbocycles. The Morgan fingerprint density at radius 2 is 2.18 bits per heavy atom. The molecule has 0 spiro atoms. The summed E-state index contributed by atoms with van der Waals surface area (Å²) in [6, 6.07) is 3.56. The average Bonchev–Trinajstić information content (AvgIpc) is 2.93. The van der Waals surface area contributed by atoms with E-state index in [1.54, 1.807) is 13.0 Å². The monoisotopic (exact) mass is 319 g/mol. The van der Waals surface area contributed by atoms with E-state index in [2.05, 4.69) is 5.10 Å². The zero-order valence-corrected chi connectivity index (χ0v) is 13.2. The first kappa shape index (κ1) is 14.0. The molecule has 0 aromatic carbocycles. The van der Waals surface area contributed by atoms with Crippen LogP contribution >= 0.6 is 11.6 Å². The second-order valence-electron chi connectivity index (χ2n) is 6.24. The van der Waals surface area contributed by atoms with Crippen LogP contribution in [0.15, 0.2) is 12.1 Å². The molecule has 116 valence electrons. The van der Waals surface area contributed by atoms with Gasteiger partial charge in [0, 0.05) is 17.7 Å². The van der Waals surface area contributed by atoms with Gasteiger partial charge in [-0.05, 0) is 44.1 Å². The summed E-state index contributed by atoms with van der Waals surface area (Å²) in [6.07, 6.45) is 5.24. The summed E-state index contributed by atoms with van der Waals surface area (Å²) in [5.41, 5.74) is 1.92. The first-order chi connectivity index (χ1) is 10.7. The Morgan fingerprint density at radius 1 is 1.41 bits per heavy atom. The Balaban J connectivity index is 1.71. The van der Waals surface area contributed by atoms with E-state index in [1.165, 1.54) is 30.2 Å². The van der Waals surface area contributed by atoms with E-state index in [1.807, 2.05) is 6.07 Å². The van der Waals surface area contributed by atoms with Crippen molar-refractivity contribution in [2.75, 3.05) is 6.61 Å². The lowest BCUT2D eigenvalue weighted by Crippen LogP contribution is -2.39. The molecule has 2 aliphatic rings. The van der Waals surface area contributed by atoms with E-state index in [9.17, 15) is 4.79 Å². The zero-order chi connectivity index (χ0) is 15.3. The van der Waals surface area contributed by atoms with Crippen molar-refractivity contribution in [2.45, 2.75) is 38.5 Å². The van der Waals surface area contributed by atoms with Crippen LogP contribution in [0.5, 0.6) is 0 Å². The average molecular weight is 320 g/mol. The highest BCUT2D eigenvalue weighted by Gasteiger charge is 2.45. The second-order valence-corrected chi connectivity index (χ2v) is 6.62. The molecule has 2 bridgehead atoms. The van der Waals surface area contributed by atoms with Gasteiger partial charge in [-0.1, -0.05) is 18.0 Å². The molecule has 2 aliphatic carbocycles. The summed E-state index contributed by atoms with van der Waals surface area (Å²) < 4.78 is 6.49. The van der Waals surface area contributed by atoms with Crippen molar-refractivity contribution in [1.29, 1.82) is 0 Å².